The Morgan fingerprint density at radius 1 is 0.636 bits per heavy atom. The number of hydrogen-bond acceptors (Lipinski definition) is 0. The number of hydrogen-bond donors (Lipinski definition) is 0. The maximum Gasteiger partial charge on any atom is -0.0354 e. The van der Waals surface area contributed by atoms with Crippen LogP contribution in [0.2, 0.25) is 0 Å². The van der Waals surface area contributed by atoms with Crippen molar-refractivity contribution in [2.75, 3.05) is 0 Å². The van der Waals surface area contributed by atoms with Gasteiger partial charge in [0.1, 0.15) is 0 Å². The van der Waals surface area contributed by atoms with Gasteiger partial charge in [0.05, 0.1) is 0 Å². The molecule has 0 spiro atoms. The van der Waals surface area contributed by atoms with Gasteiger partial charge in [-0.25, -0.2) is 0 Å². The van der Waals surface area contributed by atoms with E-state index in [1.165, 1.54) is 51.4 Å². The van der Waals surface area contributed by atoms with Gasteiger partial charge in [-0.2, -0.15) is 0 Å². The van der Waals surface area contributed by atoms with E-state index in [9.17, 15) is 0 Å². The molecule has 0 amide bonds. The first kappa shape index (κ1) is 9.09. The van der Waals surface area contributed by atoms with Gasteiger partial charge in [-0.15, -0.1) is 0 Å². The highest BCUT2D eigenvalue weighted by molar-refractivity contribution is 4.70. The smallest absolute Gasteiger partial charge is 0.0354 e. The summed E-state index contributed by atoms with van der Waals surface area (Å²) in [6, 6.07) is 0. The van der Waals surface area contributed by atoms with Crippen molar-refractivity contribution in [3.63, 3.8) is 0 Å². The monoisotopic (exact) mass is 154 g/mol. The summed E-state index contributed by atoms with van der Waals surface area (Å²) in [6.45, 7) is 4.86. The van der Waals surface area contributed by atoms with E-state index in [0.29, 0.717) is 5.41 Å². The first-order chi connectivity index (χ1) is 5.21. The molecular formula is C11H22. The van der Waals surface area contributed by atoms with Crippen LogP contribution in [-0.4, -0.2) is 0 Å². The molecule has 0 aromatic carbocycles. The highest BCUT2D eigenvalue weighted by Gasteiger charge is 2.17. The van der Waals surface area contributed by atoms with Crippen LogP contribution in [0.25, 0.3) is 0 Å². The molecule has 0 saturated heterocycles. The summed E-state index contributed by atoms with van der Waals surface area (Å²) < 4.78 is 0. The maximum atomic E-state index is 2.43. The van der Waals surface area contributed by atoms with Gasteiger partial charge in [-0.3, -0.25) is 0 Å². The highest BCUT2D eigenvalue weighted by Crippen LogP contribution is 2.31. The summed E-state index contributed by atoms with van der Waals surface area (Å²) in [6.07, 6.45) is 11.7. The van der Waals surface area contributed by atoms with E-state index < -0.39 is 0 Å². The second-order valence-electron chi connectivity index (χ2n) is 4.79. The van der Waals surface area contributed by atoms with Gasteiger partial charge in [0.15, 0.2) is 0 Å². The Kier molecular flexibility index (Phi) is 3.42. The van der Waals surface area contributed by atoms with Crippen molar-refractivity contribution in [1.29, 1.82) is 0 Å². The molecule has 11 heavy (non-hydrogen) atoms. The van der Waals surface area contributed by atoms with E-state index in [2.05, 4.69) is 13.8 Å². The molecule has 0 heterocycles. The van der Waals surface area contributed by atoms with Crippen LogP contribution < -0.4 is 0 Å². The van der Waals surface area contributed by atoms with Gasteiger partial charge < -0.3 is 0 Å². The average Bonchev–Trinajstić information content (AvgIpc) is 2.00. The zero-order chi connectivity index (χ0) is 8.16. The minimum absolute atomic E-state index is 0.643. The Bertz CT molecular complexity index is 90.6. The SMILES string of the molecule is CC1(C)CCCCCCCC1. The zero-order valence-electron chi connectivity index (χ0n) is 8.16. The molecule has 66 valence electrons. The van der Waals surface area contributed by atoms with Crippen LogP contribution >= 0.6 is 0 Å². The molecule has 0 aromatic heterocycles. The summed E-state index contributed by atoms with van der Waals surface area (Å²) in [5, 5.41) is 0. The fraction of sp³-hybridized carbons (Fsp3) is 1.00. The van der Waals surface area contributed by atoms with Crippen LogP contribution in [0.1, 0.15) is 65.2 Å². The van der Waals surface area contributed by atoms with Crippen LogP contribution in [0, 0.1) is 5.41 Å². The van der Waals surface area contributed by atoms with Crippen molar-refractivity contribution in [3.8, 4) is 0 Å². The predicted octanol–water partition coefficient (Wildman–Crippen LogP) is 4.15. The second kappa shape index (κ2) is 4.13. The standard InChI is InChI=1S/C11H22/c1-11(2)9-7-5-3-4-6-8-10-11/h3-10H2,1-2H3. The Morgan fingerprint density at radius 3 is 1.45 bits per heavy atom. The minimum Gasteiger partial charge on any atom is -0.0599 e. The van der Waals surface area contributed by atoms with Gasteiger partial charge in [0.2, 0.25) is 0 Å². The topological polar surface area (TPSA) is 0 Å². The molecule has 1 aliphatic rings. The summed E-state index contributed by atoms with van der Waals surface area (Å²) >= 11 is 0. The van der Waals surface area contributed by atoms with Crippen LogP contribution in [0.5, 0.6) is 0 Å². The summed E-state index contributed by atoms with van der Waals surface area (Å²) in [4.78, 5) is 0. The summed E-state index contributed by atoms with van der Waals surface area (Å²) in [5.41, 5.74) is 0.643. The fourth-order valence-electron chi connectivity index (χ4n) is 2.04. The number of rotatable bonds is 0. The summed E-state index contributed by atoms with van der Waals surface area (Å²) in [5.74, 6) is 0. The van der Waals surface area contributed by atoms with Gasteiger partial charge in [0, 0.05) is 0 Å². The lowest BCUT2D eigenvalue weighted by Gasteiger charge is -2.23. The van der Waals surface area contributed by atoms with E-state index >= 15 is 0 Å². The fourth-order valence-corrected chi connectivity index (χ4v) is 2.04. The molecule has 0 unspecified atom stereocenters. The lowest BCUT2D eigenvalue weighted by atomic mass is 9.83. The van der Waals surface area contributed by atoms with Gasteiger partial charge in [-0.05, 0) is 18.3 Å². The van der Waals surface area contributed by atoms with E-state index in [0.717, 1.165) is 0 Å². The van der Waals surface area contributed by atoms with Gasteiger partial charge in [0.25, 0.3) is 0 Å². The van der Waals surface area contributed by atoms with Gasteiger partial charge in [-0.1, -0.05) is 52.4 Å². The van der Waals surface area contributed by atoms with E-state index in [4.69, 9.17) is 0 Å². The normalized spacial score (nSPS) is 26.7. The zero-order valence-corrected chi connectivity index (χ0v) is 8.16. The molecule has 0 nitrogen and oxygen atoms in total. The molecule has 0 N–H and O–H groups in total. The van der Waals surface area contributed by atoms with Crippen molar-refractivity contribution in [3.05, 3.63) is 0 Å². The van der Waals surface area contributed by atoms with Crippen molar-refractivity contribution >= 4 is 0 Å². The van der Waals surface area contributed by atoms with Crippen molar-refractivity contribution in [2.45, 2.75) is 65.2 Å². The Balaban J connectivity index is 2.31. The Morgan fingerprint density at radius 2 is 1.00 bits per heavy atom. The quantitative estimate of drug-likeness (QED) is 0.492. The Hall–Kier alpha value is 0. The van der Waals surface area contributed by atoms with Crippen LogP contribution in [0.3, 0.4) is 0 Å². The highest BCUT2D eigenvalue weighted by atomic mass is 14.2. The third kappa shape index (κ3) is 3.79. The molecule has 0 aromatic rings. The lowest BCUT2D eigenvalue weighted by Crippen LogP contribution is -2.10. The average molecular weight is 154 g/mol. The molecule has 1 fully saturated rings. The molecule has 1 rings (SSSR count). The molecule has 0 radical (unpaired) electrons. The lowest BCUT2D eigenvalue weighted by molar-refractivity contribution is 0.293. The van der Waals surface area contributed by atoms with E-state index in [1.54, 1.807) is 0 Å². The molecule has 1 aliphatic carbocycles. The predicted molar refractivity (Wildman–Crippen MR) is 50.7 cm³/mol. The second-order valence-corrected chi connectivity index (χ2v) is 4.79. The van der Waals surface area contributed by atoms with Gasteiger partial charge >= 0.3 is 0 Å². The summed E-state index contributed by atoms with van der Waals surface area (Å²) in [7, 11) is 0. The molecular weight excluding hydrogens is 132 g/mol. The van der Waals surface area contributed by atoms with Crippen LogP contribution in [0.15, 0.2) is 0 Å². The molecule has 0 heteroatoms. The first-order valence-electron chi connectivity index (χ1n) is 5.21. The largest absolute Gasteiger partial charge is 0.0599 e. The molecule has 0 atom stereocenters. The first-order valence-corrected chi connectivity index (χ1v) is 5.21. The maximum absolute atomic E-state index is 2.43. The van der Waals surface area contributed by atoms with Crippen LogP contribution in [-0.2, 0) is 0 Å². The van der Waals surface area contributed by atoms with Crippen molar-refractivity contribution < 1.29 is 0 Å². The molecule has 0 aliphatic heterocycles. The Labute approximate surface area is 71.4 Å². The van der Waals surface area contributed by atoms with Crippen LogP contribution in [0.4, 0.5) is 0 Å². The minimum atomic E-state index is 0.643. The third-order valence-corrected chi connectivity index (χ3v) is 2.96. The van der Waals surface area contributed by atoms with E-state index in [1.807, 2.05) is 0 Å². The third-order valence-electron chi connectivity index (χ3n) is 2.96. The van der Waals surface area contributed by atoms with Crippen molar-refractivity contribution in [2.24, 2.45) is 5.41 Å². The molecule has 1 saturated carbocycles. The molecule has 0 bridgehead atoms. The van der Waals surface area contributed by atoms with E-state index in [-0.39, 0.29) is 0 Å². The van der Waals surface area contributed by atoms with Crippen molar-refractivity contribution in [1.82, 2.24) is 0 Å².